The number of nitrogens with one attached hydrogen (secondary N) is 1. The van der Waals surface area contributed by atoms with Crippen molar-refractivity contribution in [3.8, 4) is 11.5 Å². The highest BCUT2D eigenvalue weighted by molar-refractivity contribution is 14.1. The SMILES string of the molecule is CC(C)NCc1ccc(Oc2ccc(I)cc2)cc1Cl. The lowest BCUT2D eigenvalue weighted by molar-refractivity contribution is 0.482. The minimum Gasteiger partial charge on any atom is -0.457 e. The van der Waals surface area contributed by atoms with Crippen molar-refractivity contribution < 1.29 is 4.74 Å². The largest absolute Gasteiger partial charge is 0.457 e. The van der Waals surface area contributed by atoms with Crippen LogP contribution in [0.15, 0.2) is 42.5 Å². The fourth-order valence-electron chi connectivity index (χ4n) is 1.69. The summed E-state index contributed by atoms with van der Waals surface area (Å²) < 4.78 is 6.97. The van der Waals surface area contributed by atoms with Crippen molar-refractivity contribution in [3.05, 3.63) is 56.6 Å². The molecule has 0 aliphatic rings. The normalized spacial score (nSPS) is 10.8. The fourth-order valence-corrected chi connectivity index (χ4v) is 2.28. The van der Waals surface area contributed by atoms with Crippen LogP contribution in [-0.2, 0) is 6.54 Å². The van der Waals surface area contributed by atoms with Crippen LogP contribution in [0, 0.1) is 3.57 Å². The third-order valence-electron chi connectivity index (χ3n) is 2.77. The summed E-state index contributed by atoms with van der Waals surface area (Å²) in [6, 6.07) is 14.2. The molecular formula is C16H17ClINO. The molecule has 0 aliphatic heterocycles. The molecule has 0 aromatic heterocycles. The molecule has 2 rings (SSSR count). The molecular weight excluding hydrogens is 385 g/mol. The Balaban J connectivity index is 2.06. The van der Waals surface area contributed by atoms with Crippen LogP contribution in [-0.4, -0.2) is 6.04 Å². The molecule has 2 nitrogen and oxygen atoms in total. The van der Waals surface area contributed by atoms with Gasteiger partial charge in [0.05, 0.1) is 0 Å². The van der Waals surface area contributed by atoms with E-state index >= 15 is 0 Å². The maximum Gasteiger partial charge on any atom is 0.128 e. The Morgan fingerprint density at radius 3 is 2.35 bits per heavy atom. The van der Waals surface area contributed by atoms with Gasteiger partial charge in [-0.15, -0.1) is 0 Å². The van der Waals surface area contributed by atoms with Crippen LogP contribution in [0.4, 0.5) is 0 Å². The number of rotatable bonds is 5. The molecule has 0 saturated carbocycles. The van der Waals surface area contributed by atoms with Crippen LogP contribution in [0.3, 0.4) is 0 Å². The zero-order chi connectivity index (χ0) is 14.5. The van der Waals surface area contributed by atoms with Gasteiger partial charge in [0.1, 0.15) is 11.5 Å². The predicted molar refractivity (Wildman–Crippen MR) is 92.7 cm³/mol. The van der Waals surface area contributed by atoms with Gasteiger partial charge in [-0.3, -0.25) is 0 Å². The van der Waals surface area contributed by atoms with Gasteiger partial charge in [-0.1, -0.05) is 31.5 Å². The topological polar surface area (TPSA) is 21.3 Å². The maximum atomic E-state index is 6.28. The first kappa shape index (κ1) is 15.6. The van der Waals surface area contributed by atoms with Gasteiger partial charge >= 0.3 is 0 Å². The summed E-state index contributed by atoms with van der Waals surface area (Å²) in [5.74, 6) is 1.57. The monoisotopic (exact) mass is 401 g/mol. The standard InChI is InChI=1S/C16H17ClINO/c1-11(2)19-10-12-3-6-15(9-16(12)17)20-14-7-4-13(18)5-8-14/h3-9,11,19H,10H2,1-2H3. The maximum absolute atomic E-state index is 6.28. The molecule has 0 spiro atoms. The highest BCUT2D eigenvalue weighted by Crippen LogP contribution is 2.27. The van der Waals surface area contributed by atoms with Crippen LogP contribution in [0.2, 0.25) is 5.02 Å². The summed E-state index contributed by atoms with van der Waals surface area (Å²) >= 11 is 8.55. The highest BCUT2D eigenvalue weighted by Gasteiger charge is 2.04. The summed E-state index contributed by atoms with van der Waals surface area (Å²) in [5, 5.41) is 4.08. The number of benzene rings is 2. The van der Waals surface area contributed by atoms with Gasteiger partial charge in [-0.2, -0.15) is 0 Å². The quantitative estimate of drug-likeness (QED) is 0.692. The Bertz CT molecular complexity index is 569. The smallest absolute Gasteiger partial charge is 0.128 e. The van der Waals surface area contributed by atoms with Crippen molar-refractivity contribution in [2.75, 3.05) is 0 Å². The molecule has 1 N–H and O–H groups in total. The zero-order valence-electron chi connectivity index (χ0n) is 11.5. The van der Waals surface area contributed by atoms with Crippen molar-refractivity contribution in [2.45, 2.75) is 26.4 Å². The average molecular weight is 402 g/mol. The number of halogens is 2. The van der Waals surface area contributed by atoms with Crippen molar-refractivity contribution in [3.63, 3.8) is 0 Å². The van der Waals surface area contributed by atoms with Gasteiger partial charge in [0.15, 0.2) is 0 Å². The summed E-state index contributed by atoms with van der Waals surface area (Å²) in [7, 11) is 0. The van der Waals surface area contributed by atoms with Crippen LogP contribution in [0.5, 0.6) is 11.5 Å². The Morgan fingerprint density at radius 1 is 1.10 bits per heavy atom. The van der Waals surface area contributed by atoms with Gasteiger partial charge in [0, 0.05) is 21.2 Å². The van der Waals surface area contributed by atoms with E-state index in [-0.39, 0.29) is 0 Å². The van der Waals surface area contributed by atoms with E-state index < -0.39 is 0 Å². The van der Waals surface area contributed by atoms with Crippen molar-refractivity contribution >= 4 is 34.2 Å². The van der Waals surface area contributed by atoms with Crippen LogP contribution in [0.25, 0.3) is 0 Å². The predicted octanol–water partition coefficient (Wildman–Crippen LogP) is 5.23. The van der Waals surface area contributed by atoms with E-state index in [1.54, 1.807) is 0 Å². The van der Waals surface area contributed by atoms with Crippen LogP contribution in [0.1, 0.15) is 19.4 Å². The summed E-state index contributed by atoms with van der Waals surface area (Å²) in [6.45, 7) is 4.99. The second-order valence-corrected chi connectivity index (χ2v) is 6.50. The molecule has 0 atom stereocenters. The zero-order valence-corrected chi connectivity index (χ0v) is 14.4. The number of ether oxygens (including phenoxy) is 1. The molecule has 20 heavy (non-hydrogen) atoms. The van der Waals surface area contributed by atoms with Crippen LogP contribution < -0.4 is 10.1 Å². The number of hydrogen-bond donors (Lipinski definition) is 1. The lowest BCUT2D eigenvalue weighted by Crippen LogP contribution is -2.21. The minimum atomic E-state index is 0.439. The van der Waals surface area contributed by atoms with Gasteiger partial charge in [-0.05, 0) is 64.6 Å². The van der Waals surface area contributed by atoms with E-state index in [9.17, 15) is 0 Å². The molecule has 0 unspecified atom stereocenters. The van der Waals surface area contributed by atoms with Crippen LogP contribution >= 0.6 is 34.2 Å². The Hall–Kier alpha value is -0.780. The van der Waals surface area contributed by atoms with Gasteiger partial charge in [0.25, 0.3) is 0 Å². The van der Waals surface area contributed by atoms with E-state index in [2.05, 4.69) is 41.8 Å². The second kappa shape index (κ2) is 7.29. The van der Waals surface area contributed by atoms with Gasteiger partial charge < -0.3 is 10.1 Å². The van der Waals surface area contributed by atoms with E-state index in [0.717, 1.165) is 28.6 Å². The molecule has 4 heteroatoms. The average Bonchev–Trinajstić information content (AvgIpc) is 2.40. The Kier molecular flexibility index (Phi) is 5.69. The van der Waals surface area contributed by atoms with E-state index in [1.165, 1.54) is 3.57 Å². The summed E-state index contributed by atoms with van der Waals surface area (Å²) in [4.78, 5) is 0. The van der Waals surface area contributed by atoms with E-state index in [1.807, 2.05) is 42.5 Å². The molecule has 0 bridgehead atoms. The molecule has 0 radical (unpaired) electrons. The third kappa shape index (κ3) is 4.65. The number of hydrogen-bond acceptors (Lipinski definition) is 2. The molecule has 0 aliphatic carbocycles. The Labute approximate surface area is 138 Å². The first-order valence-corrected chi connectivity index (χ1v) is 7.95. The molecule has 106 valence electrons. The van der Waals surface area contributed by atoms with E-state index in [4.69, 9.17) is 16.3 Å². The molecule has 0 fully saturated rings. The van der Waals surface area contributed by atoms with Crippen molar-refractivity contribution in [2.24, 2.45) is 0 Å². The molecule has 2 aromatic carbocycles. The van der Waals surface area contributed by atoms with E-state index in [0.29, 0.717) is 6.04 Å². The molecule has 0 saturated heterocycles. The fraction of sp³-hybridized carbons (Fsp3) is 0.250. The van der Waals surface area contributed by atoms with Gasteiger partial charge in [0.2, 0.25) is 0 Å². The second-order valence-electron chi connectivity index (χ2n) is 4.84. The summed E-state index contributed by atoms with van der Waals surface area (Å²) in [5.41, 5.74) is 1.08. The molecule has 2 aromatic rings. The lowest BCUT2D eigenvalue weighted by Gasteiger charge is -2.11. The molecule has 0 amide bonds. The minimum absolute atomic E-state index is 0.439. The lowest BCUT2D eigenvalue weighted by atomic mass is 10.2. The highest BCUT2D eigenvalue weighted by atomic mass is 127. The van der Waals surface area contributed by atoms with Crippen molar-refractivity contribution in [1.82, 2.24) is 5.32 Å². The Morgan fingerprint density at radius 2 is 1.75 bits per heavy atom. The van der Waals surface area contributed by atoms with Gasteiger partial charge in [-0.25, -0.2) is 0 Å². The first-order valence-electron chi connectivity index (χ1n) is 6.50. The summed E-state index contributed by atoms with van der Waals surface area (Å²) in [6.07, 6.45) is 0. The molecule has 0 heterocycles. The van der Waals surface area contributed by atoms with Crippen molar-refractivity contribution in [1.29, 1.82) is 0 Å². The first-order chi connectivity index (χ1) is 9.54. The third-order valence-corrected chi connectivity index (χ3v) is 3.85.